The van der Waals surface area contributed by atoms with Gasteiger partial charge in [-0.15, -0.1) is 0 Å². The first-order valence-corrected chi connectivity index (χ1v) is 12.5. The van der Waals surface area contributed by atoms with Gasteiger partial charge in [0.05, 0.1) is 24.5 Å². The molecule has 1 heterocycles. The maximum Gasteiger partial charge on any atom is 0.163 e. The first kappa shape index (κ1) is 23.0. The molecule has 180 valence electrons. The van der Waals surface area contributed by atoms with Crippen molar-refractivity contribution >= 4 is 22.8 Å². The number of hydrogen-bond donors (Lipinski definition) is 2. The third kappa shape index (κ3) is 4.51. The summed E-state index contributed by atoms with van der Waals surface area (Å²) in [6.07, 6.45) is 1.29. The van der Waals surface area contributed by atoms with Gasteiger partial charge in [0.15, 0.2) is 5.78 Å². The maximum absolute atomic E-state index is 13.7. The van der Waals surface area contributed by atoms with Gasteiger partial charge in [-0.25, -0.2) is 0 Å². The van der Waals surface area contributed by atoms with Gasteiger partial charge >= 0.3 is 0 Å². The molecule has 35 heavy (non-hydrogen) atoms. The minimum atomic E-state index is -0.198. The number of rotatable bonds is 6. The lowest BCUT2D eigenvalue weighted by Gasteiger charge is -2.30. The first-order chi connectivity index (χ1) is 17.1. The second kappa shape index (κ2) is 9.87. The van der Waals surface area contributed by atoms with Gasteiger partial charge in [0, 0.05) is 36.5 Å². The normalized spacial score (nSPS) is 19.1. The summed E-state index contributed by atoms with van der Waals surface area (Å²) in [5.41, 5.74) is 7.34. The Morgan fingerprint density at radius 3 is 2.17 bits per heavy atom. The van der Waals surface area contributed by atoms with E-state index in [9.17, 15) is 4.79 Å². The van der Waals surface area contributed by atoms with E-state index < -0.39 is 0 Å². The molecule has 0 unspecified atom stereocenters. The standard InChI is InChI=1S/C30H33N3O2/c1-4-33(5-2)23-14-10-21(11-15-23)30-29-27(31-25-8-6-7-9-26(25)32-30)18-22(19-28(29)34)20-12-16-24(35-3)17-13-20/h6-17,22,30-32H,4-5,18-19H2,1-3H3/t22-,30+/m1/s1. The molecule has 5 nitrogen and oxygen atoms in total. The third-order valence-corrected chi connectivity index (χ3v) is 7.25. The van der Waals surface area contributed by atoms with E-state index in [0.29, 0.717) is 6.42 Å². The van der Waals surface area contributed by atoms with Gasteiger partial charge in [-0.2, -0.15) is 0 Å². The van der Waals surface area contributed by atoms with Crippen molar-refractivity contribution in [2.75, 3.05) is 35.7 Å². The average molecular weight is 468 g/mol. The van der Waals surface area contributed by atoms with Gasteiger partial charge in [-0.1, -0.05) is 36.4 Å². The highest BCUT2D eigenvalue weighted by atomic mass is 16.5. The molecule has 2 atom stereocenters. The summed E-state index contributed by atoms with van der Waals surface area (Å²) in [7, 11) is 1.67. The largest absolute Gasteiger partial charge is 0.497 e. The number of benzene rings is 3. The van der Waals surface area contributed by atoms with Crippen molar-refractivity contribution in [2.24, 2.45) is 0 Å². The Morgan fingerprint density at radius 2 is 1.51 bits per heavy atom. The summed E-state index contributed by atoms with van der Waals surface area (Å²) in [4.78, 5) is 16.1. The van der Waals surface area contributed by atoms with Crippen LogP contribution in [0, 0.1) is 0 Å². The Hall–Kier alpha value is -3.73. The molecular weight excluding hydrogens is 434 g/mol. The average Bonchev–Trinajstić information content (AvgIpc) is 3.07. The van der Waals surface area contributed by atoms with Crippen LogP contribution in [0.1, 0.15) is 49.8 Å². The number of ether oxygens (including phenoxy) is 1. The molecule has 0 amide bonds. The van der Waals surface area contributed by atoms with Crippen LogP contribution in [0.3, 0.4) is 0 Å². The monoisotopic (exact) mass is 467 g/mol. The van der Waals surface area contributed by atoms with Gasteiger partial charge in [0.2, 0.25) is 0 Å². The molecule has 1 aliphatic heterocycles. The Kier molecular flexibility index (Phi) is 6.49. The smallest absolute Gasteiger partial charge is 0.163 e. The molecule has 0 fully saturated rings. The SMILES string of the molecule is CCN(CC)c1ccc([C@@H]2Nc3ccccc3NC3=C2C(=O)C[C@H](c2ccc(OC)cc2)C3)cc1. The molecule has 1 aliphatic carbocycles. The lowest BCUT2D eigenvalue weighted by Crippen LogP contribution is -2.27. The number of para-hydroxylation sites is 2. The van der Waals surface area contributed by atoms with E-state index in [1.807, 2.05) is 24.3 Å². The Bertz CT molecular complexity index is 1230. The zero-order valence-electron chi connectivity index (χ0n) is 20.7. The number of hydrogen-bond acceptors (Lipinski definition) is 5. The number of fused-ring (bicyclic) bond motifs is 1. The fraction of sp³-hybridized carbons (Fsp3) is 0.300. The predicted octanol–water partition coefficient (Wildman–Crippen LogP) is 6.52. The van der Waals surface area contributed by atoms with E-state index in [2.05, 4.69) is 77.9 Å². The lowest BCUT2D eigenvalue weighted by atomic mass is 9.78. The number of ketones is 1. The number of Topliss-reactive ketones (excluding diaryl/α,β-unsaturated/α-hetero) is 1. The van der Waals surface area contributed by atoms with E-state index in [-0.39, 0.29) is 17.7 Å². The fourth-order valence-corrected chi connectivity index (χ4v) is 5.32. The highest BCUT2D eigenvalue weighted by Crippen LogP contribution is 2.44. The van der Waals surface area contributed by atoms with Crippen LogP contribution in [0.15, 0.2) is 84.1 Å². The van der Waals surface area contributed by atoms with E-state index >= 15 is 0 Å². The van der Waals surface area contributed by atoms with E-state index in [1.54, 1.807) is 7.11 Å². The summed E-state index contributed by atoms with van der Waals surface area (Å²) >= 11 is 0. The zero-order chi connectivity index (χ0) is 24.4. The van der Waals surface area contributed by atoms with Crippen molar-refractivity contribution in [2.45, 2.75) is 38.6 Å². The number of methoxy groups -OCH3 is 1. The summed E-state index contributed by atoms with van der Waals surface area (Å²) in [5.74, 6) is 1.16. The minimum absolute atomic E-state index is 0.135. The maximum atomic E-state index is 13.7. The molecule has 2 aliphatic rings. The van der Waals surface area contributed by atoms with Crippen molar-refractivity contribution in [1.82, 2.24) is 0 Å². The van der Waals surface area contributed by atoms with Crippen molar-refractivity contribution in [1.29, 1.82) is 0 Å². The molecule has 0 saturated heterocycles. The lowest BCUT2D eigenvalue weighted by molar-refractivity contribution is -0.116. The molecule has 0 radical (unpaired) electrons. The Labute approximate surface area is 207 Å². The summed E-state index contributed by atoms with van der Waals surface area (Å²) < 4.78 is 5.32. The predicted molar refractivity (Wildman–Crippen MR) is 143 cm³/mol. The number of anilines is 3. The Morgan fingerprint density at radius 1 is 0.857 bits per heavy atom. The van der Waals surface area contributed by atoms with Crippen molar-refractivity contribution in [3.63, 3.8) is 0 Å². The quantitative estimate of drug-likeness (QED) is 0.432. The molecule has 0 saturated carbocycles. The van der Waals surface area contributed by atoms with Crippen LogP contribution < -0.4 is 20.3 Å². The van der Waals surface area contributed by atoms with Crippen LogP contribution in [-0.4, -0.2) is 26.0 Å². The van der Waals surface area contributed by atoms with Gasteiger partial charge in [0.1, 0.15) is 5.75 Å². The third-order valence-electron chi connectivity index (χ3n) is 7.25. The molecule has 2 N–H and O–H groups in total. The summed E-state index contributed by atoms with van der Waals surface area (Å²) in [6.45, 7) is 6.28. The molecule has 0 bridgehead atoms. The van der Waals surface area contributed by atoms with Gasteiger partial charge in [-0.3, -0.25) is 4.79 Å². The number of carbonyl (C=O) groups is 1. The topological polar surface area (TPSA) is 53.6 Å². The Balaban J connectivity index is 1.53. The van der Waals surface area contributed by atoms with Crippen molar-refractivity contribution < 1.29 is 9.53 Å². The number of nitrogens with one attached hydrogen (secondary N) is 2. The van der Waals surface area contributed by atoms with Gasteiger partial charge in [-0.05, 0) is 73.7 Å². The van der Waals surface area contributed by atoms with E-state index in [4.69, 9.17) is 4.74 Å². The van der Waals surface area contributed by atoms with Crippen LogP contribution in [-0.2, 0) is 4.79 Å². The van der Waals surface area contributed by atoms with E-state index in [0.717, 1.165) is 59.0 Å². The van der Waals surface area contributed by atoms with Crippen LogP contribution >= 0.6 is 0 Å². The zero-order valence-corrected chi connectivity index (χ0v) is 20.7. The summed E-state index contributed by atoms with van der Waals surface area (Å²) in [5, 5.41) is 7.31. The van der Waals surface area contributed by atoms with Gasteiger partial charge in [0.25, 0.3) is 0 Å². The molecular formula is C30H33N3O2. The summed E-state index contributed by atoms with van der Waals surface area (Å²) in [6, 6.07) is 24.8. The molecule has 5 heteroatoms. The van der Waals surface area contributed by atoms with Crippen molar-refractivity contribution in [3.8, 4) is 5.75 Å². The number of allylic oxidation sites excluding steroid dienone is 1. The molecule has 0 spiro atoms. The molecule has 3 aromatic rings. The second-order valence-electron chi connectivity index (χ2n) is 9.21. The van der Waals surface area contributed by atoms with Crippen LogP contribution in [0.2, 0.25) is 0 Å². The molecule has 0 aromatic heterocycles. The van der Waals surface area contributed by atoms with Crippen molar-refractivity contribution in [3.05, 3.63) is 95.2 Å². The molecule has 5 rings (SSSR count). The minimum Gasteiger partial charge on any atom is -0.497 e. The van der Waals surface area contributed by atoms with Gasteiger partial charge < -0.3 is 20.3 Å². The van der Waals surface area contributed by atoms with E-state index in [1.165, 1.54) is 5.69 Å². The highest BCUT2D eigenvalue weighted by molar-refractivity contribution is 6.01. The second-order valence-corrected chi connectivity index (χ2v) is 9.21. The molecule has 3 aromatic carbocycles. The van der Waals surface area contributed by atoms with Crippen LogP contribution in [0.5, 0.6) is 5.75 Å². The first-order valence-electron chi connectivity index (χ1n) is 12.5. The fourth-order valence-electron chi connectivity index (χ4n) is 5.32. The number of carbonyl (C=O) groups excluding carboxylic acids is 1. The highest BCUT2D eigenvalue weighted by Gasteiger charge is 2.36. The van der Waals surface area contributed by atoms with Crippen LogP contribution in [0.4, 0.5) is 17.1 Å². The number of nitrogens with zero attached hydrogens (tertiary/aromatic N) is 1. The van der Waals surface area contributed by atoms with Crippen LogP contribution in [0.25, 0.3) is 0 Å².